The third-order valence-corrected chi connectivity index (χ3v) is 3.89. The van der Waals surface area contributed by atoms with Gasteiger partial charge < -0.3 is 5.32 Å². The molecule has 1 fully saturated rings. The summed E-state index contributed by atoms with van der Waals surface area (Å²) in [6.45, 7) is 2.64. The molecule has 1 atom stereocenters. The molecule has 0 saturated heterocycles. The quantitative estimate of drug-likeness (QED) is 0.903. The molecular weight excluding hydrogens is 252 g/mol. The van der Waals surface area contributed by atoms with Crippen molar-refractivity contribution in [3.63, 3.8) is 0 Å². The standard InChI is InChI=1S/C15H18N4O/c1-12(13-4-2-7-16-10-13)18-14(20)15(5-6-15)11-19-9-3-8-17-19/h2-4,7-10,12H,5-6,11H2,1H3,(H,18,20). The van der Waals surface area contributed by atoms with Gasteiger partial charge in [-0.15, -0.1) is 0 Å². The number of carbonyl (C=O) groups is 1. The molecule has 2 heterocycles. The second kappa shape index (κ2) is 5.07. The highest BCUT2D eigenvalue weighted by Gasteiger charge is 2.50. The summed E-state index contributed by atoms with van der Waals surface area (Å²) >= 11 is 0. The first-order valence-electron chi connectivity index (χ1n) is 6.88. The van der Waals surface area contributed by atoms with Crippen LogP contribution in [0.1, 0.15) is 31.4 Å². The third kappa shape index (κ3) is 2.57. The summed E-state index contributed by atoms with van der Waals surface area (Å²) in [5.74, 6) is 0.115. The first-order chi connectivity index (χ1) is 9.70. The molecule has 1 amide bonds. The smallest absolute Gasteiger partial charge is 0.228 e. The molecule has 3 rings (SSSR count). The zero-order valence-corrected chi connectivity index (χ0v) is 11.5. The fourth-order valence-electron chi connectivity index (χ4n) is 2.38. The minimum Gasteiger partial charge on any atom is -0.349 e. The topological polar surface area (TPSA) is 59.8 Å². The van der Waals surface area contributed by atoms with Crippen LogP contribution in [0, 0.1) is 5.41 Å². The predicted octanol–water partition coefficient (Wildman–Crippen LogP) is 1.94. The molecule has 0 aromatic carbocycles. The van der Waals surface area contributed by atoms with Crippen molar-refractivity contribution < 1.29 is 4.79 Å². The Bertz CT molecular complexity index is 575. The van der Waals surface area contributed by atoms with E-state index >= 15 is 0 Å². The number of nitrogens with one attached hydrogen (secondary N) is 1. The molecule has 2 aromatic rings. The van der Waals surface area contributed by atoms with Crippen LogP contribution in [0.3, 0.4) is 0 Å². The van der Waals surface area contributed by atoms with Gasteiger partial charge in [-0.25, -0.2) is 0 Å². The van der Waals surface area contributed by atoms with E-state index in [4.69, 9.17) is 0 Å². The molecule has 0 radical (unpaired) electrons. The Hall–Kier alpha value is -2.17. The maximum atomic E-state index is 12.5. The Labute approximate surface area is 118 Å². The van der Waals surface area contributed by atoms with Gasteiger partial charge in [0, 0.05) is 24.8 Å². The summed E-state index contributed by atoms with van der Waals surface area (Å²) in [6, 6.07) is 5.72. The highest BCUT2D eigenvalue weighted by Crippen LogP contribution is 2.47. The lowest BCUT2D eigenvalue weighted by Gasteiger charge is -2.19. The second-order valence-corrected chi connectivity index (χ2v) is 5.47. The van der Waals surface area contributed by atoms with Crippen LogP contribution in [0.15, 0.2) is 43.0 Å². The summed E-state index contributed by atoms with van der Waals surface area (Å²) < 4.78 is 1.83. The molecule has 1 aliphatic rings. The van der Waals surface area contributed by atoms with Gasteiger partial charge in [-0.2, -0.15) is 5.10 Å². The van der Waals surface area contributed by atoms with E-state index in [1.807, 2.05) is 36.0 Å². The van der Waals surface area contributed by atoms with Crippen molar-refractivity contribution in [1.82, 2.24) is 20.1 Å². The van der Waals surface area contributed by atoms with Crippen LogP contribution in [-0.4, -0.2) is 20.7 Å². The molecule has 0 aliphatic heterocycles. The van der Waals surface area contributed by atoms with Crippen molar-refractivity contribution in [2.45, 2.75) is 32.4 Å². The SMILES string of the molecule is CC(NC(=O)C1(Cn2cccn2)CC1)c1cccnc1. The van der Waals surface area contributed by atoms with E-state index in [0.717, 1.165) is 18.4 Å². The van der Waals surface area contributed by atoms with Crippen LogP contribution in [0.5, 0.6) is 0 Å². The minimum absolute atomic E-state index is 0.0219. The molecule has 5 heteroatoms. The number of amides is 1. The normalized spacial score (nSPS) is 17.4. The summed E-state index contributed by atoms with van der Waals surface area (Å²) in [4.78, 5) is 16.6. The van der Waals surface area contributed by atoms with Gasteiger partial charge in [0.15, 0.2) is 0 Å². The number of hydrogen-bond donors (Lipinski definition) is 1. The predicted molar refractivity (Wildman–Crippen MR) is 74.7 cm³/mol. The number of rotatable bonds is 5. The fourth-order valence-corrected chi connectivity index (χ4v) is 2.38. The van der Waals surface area contributed by atoms with Crippen molar-refractivity contribution in [2.24, 2.45) is 5.41 Å². The van der Waals surface area contributed by atoms with E-state index in [-0.39, 0.29) is 17.4 Å². The van der Waals surface area contributed by atoms with Gasteiger partial charge in [-0.05, 0) is 37.5 Å². The Morgan fingerprint density at radius 3 is 2.90 bits per heavy atom. The van der Waals surface area contributed by atoms with Gasteiger partial charge in [0.2, 0.25) is 5.91 Å². The molecule has 20 heavy (non-hydrogen) atoms. The maximum Gasteiger partial charge on any atom is 0.228 e. The van der Waals surface area contributed by atoms with Crippen LogP contribution in [-0.2, 0) is 11.3 Å². The van der Waals surface area contributed by atoms with Gasteiger partial charge in [0.05, 0.1) is 18.0 Å². The summed E-state index contributed by atoms with van der Waals surface area (Å²) in [5.41, 5.74) is 0.749. The summed E-state index contributed by atoms with van der Waals surface area (Å²) in [7, 11) is 0. The summed E-state index contributed by atoms with van der Waals surface area (Å²) in [5, 5.41) is 7.28. The van der Waals surface area contributed by atoms with Gasteiger partial charge in [0.1, 0.15) is 0 Å². The van der Waals surface area contributed by atoms with Crippen molar-refractivity contribution in [3.8, 4) is 0 Å². The van der Waals surface area contributed by atoms with Crippen LogP contribution < -0.4 is 5.32 Å². The number of pyridine rings is 1. The Kier molecular flexibility index (Phi) is 3.26. The zero-order valence-electron chi connectivity index (χ0n) is 11.5. The van der Waals surface area contributed by atoms with Crippen molar-refractivity contribution in [1.29, 1.82) is 0 Å². The van der Waals surface area contributed by atoms with Crippen molar-refractivity contribution in [3.05, 3.63) is 48.5 Å². The second-order valence-electron chi connectivity index (χ2n) is 5.47. The Morgan fingerprint density at radius 1 is 1.45 bits per heavy atom. The highest BCUT2D eigenvalue weighted by molar-refractivity contribution is 5.85. The van der Waals surface area contributed by atoms with Gasteiger partial charge in [-0.3, -0.25) is 14.5 Å². The molecule has 1 N–H and O–H groups in total. The van der Waals surface area contributed by atoms with E-state index in [0.29, 0.717) is 6.54 Å². The highest BCUT2D eigenvalue weighted by atomic mass is 16.2. The number of carbonyl (C=O) groups excluding carboxylic acids is 1. The molecule has 2 aromatic heterocycles. The van der Waals surface area contributed by atoms with E-state index in [1.54, 1.807) is 18.6 Å². The molecule has 5 nitrogen and oxygen atoms in total. The maximum absolute atomic E-state index is 12.5. The molecule has 0 bridgehead atoms. The van der Waals surface area contributed by atoms with E-state index in [2.05, 4.69) is 15.4 Å². The number of aromatic nitrogens is 3. The van der Waals surface area contributed by atoms with Crippen LogP contribution in [0.4, 0.5) is 0 Å². The molecule has 1 saturated carbocycles. The third-order valence-electron chi connectivity index (χ3n) is 3.89. The Balaban J connectivity index is 1.64. The lowest BCUT2D eigenvalue weighted by Crippen LogP contribution is -2.36. The Morgan fingerprint density at radius 2 is 2.30 bits per heavy atom. The van der Waals surface area contributed by atoms with E-state index in [9.17, 15) is 4.79 Å². The number of nitrogens with zero attached hydrogens (tertiary/aromatic N) is 3. The lowest BCUT2D eigenvalue weighted by molar-refractivity contribution is -0.127. The molecule has 104 valence electrons. The van der Waals surface area contributed by atoms with Crippen LogP contribution in [0.25, 0.3) is 0 Å². The van der Waals surface area contributed by atoms with Gasteiger partial charge in [0.25, 0.3) is 0 Å². The van der Waals surface area contributed by atoms with Crippen molar-refractivity contribution >= 4 is 5.91 Å². The fraction of sp³-hybridized carbons (Fsp3) is 0.400. The summed E-state index contributed by atoms with van der Waals surface area (Å²) in [6.07, 6.45) is 9.03. The monoisotopic (exact) mass is 270 g/mol. The van der Waals surface area contributed by atoms with Crippen molar-refractivity contribution in [2.75, 3.05) is 0 Å². The molecule has 1 aliphatic carbocycles. The van der Waals surface area contributed by atoms with E-state index in [1.165, 1.54) is 0 Å². The van der Waals surface area contributed by atoms with Crippen LogP contribution >= 0.6 is 0 Å². The molecular formula is C15H18N4O. The minimum atomic E-state index is -0.275. The lowest BCUT2D eigenvalue weighted by atomic mass is 10.0. The first-order valence-corrected chi connectivity index (χ1v) is 6.88. The first kappa shape index (κ1) is 12.8. The molecule has 0 spiro atoms. The average Bonchev–Trinajstić information content (AvgIpc) is 3.07. The van der Waals surface area contributed by atoms with Gasteiger partial charge >= 0.3 is 0 Å². The molecule has 1 unspecified atom stereocenters. The average molecular weight is 270 g/mol. The van der Waals surface area contributed by atoms with Gasteiger partial charge in [-0.1, -0.05) is 6.07 Å². The zero-order chi connectivity index (χ0) is 14.0. The number of hydrogen-bond acceptors (Lipinski definition) is 3. The largest absolute Gasteiger partial charge is 0.349 e. The van der Waals surface area contributed by atoms with E-state index < -0.39 is 0 Å². The van der Waals surface area contributed by atoms with Crippen LogP contribution in [0.2, 0.25) is 0 Å².